The van der Waals surface area contributed by atoms with Crippen LogP contribution in [0.25, 0.3) is 17.2 Å². The van der Waals surface area contributed by atoms with Gasteiger partial charge in [0.15, 0.2) is 0 Å². The van der Waals surface area contributed by atoms with Crippen molar-refractivity contribution >= 4 is 27.5 Å². The third-order valence-corrected chi connectivity index (χ3v) is 9.12. The molecule has 32 heavy (non-hydrogen) atoms. The smallest absolute Gasteiger partial charge is 0.254 e. The van der Waals surface area contributed by atoms with Gasteiger partial charge in [0, 0.05) is 54.4 Å². The molecule has 1 aromatic carbocycles. The van der Waals surface area contributed by atoms with Crippen molar-refractivity contribution < 1.29 is 13.2 Å². The number of rotatable bonds is 5. The minimum Gasteiger partial charge on any atom is -0.378 e. The predicted octanol–water partition coefficient (Wildman–Crippen LogP) is 2.75. The fourth-order valence-electron chi connectivity index (χ4n) is 5.17. The highest BCUT2D eigenvalue weighted by atomic mass is 32.2. The van der Waals surface area contributed by atoms with Gasteiger partial charge in [0.2, 0.25) is 10.0 Å². The number of fused-ring (bicyclic) bond motifs is 1. The number of pyridine rings is 1. The summed E-state index contributed by atoms with van der Waals surface area (Å²) < 4.78 is 34.9. The molecule has 0 bridgehead atoms. The maximum absolute atomic E-state index is 12.7. The molecule has 2 aliphatic heterocycles. The standard InChI is InChI=1S/C24H27N3O4S/c1-26-12-21(18-3-2-4-19(18)23(26)28)20-11-16(25-32(29,30)17-13-31-14-17)5-6-22(20)27-10-9-24(15-27)7-8-24/h2-3,5-6,11-12,17,25H,4,7-10,13-15H2,1H3. The van der Waals surface area contributed by atoms with Gasteiger partial charge >= 0.3 is 0 Å². The molecule has 0 atom stereocenters. The van der Waals surface area contributed by atoms with Gasteiger partial charge in [0.25, 0.3) is 5.56 Å². The number of benzene rings is 1. The molecule has 2 saturated heterocycles. The highest BCUT2D eigenvalue weighted by Gasteiger charge is 2.48. The molecule has 0 radical (unpaired) electrons. The molecule has 1 N–H and O–H groups in total. The lowest BCUT2D eigenvalue weighted by Crippen LogP contribution is -2.43. The summed E-state index contributed by atoms with van der Waals surface area (Å²) in [6, 6.07) is 5.81. The van der Waals surface area contributed by atoms with Crippen molar-refractivity contribution in [2.24, 2.45) is 12.5 Å². The number of nitrogens with zero attached hydrogens (tertiary/aromatic N) is 2. The summed E-state index contributed by atoms with van der Waals surface area (Å²) in [5.74, 6) is 0. The first-order valence-corrected chi connectivity index (χ1v) is 12.8. The second-order valence-corrected chi connectivity index (χ2v) is 11.6. The van der Waals surface area contributed by atoms with Crippen LogP contribution in [-0.4, -0.2) is 44.5 Å². The lowest BCUT2D eigenvalue weighted by atomic mass is 9.97. The van der Waals surface area contributed by atoms with Crippen molar-refractivity contribution in [2.45, 2.75) is 30.9 Å². The summed E-state index contributed by atoms with van der Waals surface area (Å²) in [6.45, 7) is 2.50. The Labute approximate surface area is 187 Å². The van der Waals surface area contributed by atoms with Crippen molar-refractivity contribution in [1.82, 2.24) is 4.57 Å². The number of nitrogens with one attached hydrogen (secondary N) is 1. The second-order valence-electron chi connectivity index (χ2n) is 9.67. The normalized spacial score (nSPS) is 21.1. The average molecular weight is 454 g/mol. The molecule has 0 amide bonds. The highest BCUT2D eigenvalue weighted by Crippen LogP contribution is 2.54. The first kappa shape index (κ1) is 20.1. The molecule has 2 aromatic rings. The molecular formula is C24H27N3O4S. The quantitative estimate of drug-likeness (QED) is 0.753. The van der Waals surface area contributed by atoms with Gasteiger partial charge in [-0.2, -0.15) is 0 Å². The lowest BCUT2D eigenvalue weighted by molar-refractivity contribution is 0.0418. The summed E-state index contributed by atoms with van der Waals surface area (Å²) >= 11 is 0. The van der Waals surface area contributed by atoms with E-state index in [1.54, 1.807) is 11.6 Å². The first-order valence-electron chi connectivity index (χ1n) is 11.2. The Bertz CT molecular complexity index is 1300. The van der Waals surface area contributed by atoms with Gasteiger partial charge in [0.1, 0.15) is 5.25 Å². The summed E-state index contributed by atoms with van der Waals surface area (Å²) in [6.07, 6.45) is 10.3. The molecule has 1 aromatic heterocycles. The number of hydrogen-bond donors (Lipinski definition) is 1. The van der Waals surface area contributed by atoms with Crippen LogP contribution in [0.5, 0.6) is 0 Å². The maximum atomic E-state index is 12.7. The van der Waals surface area contributed by atoms with Crippen molar-refractivity contribution in [1.29, 1.82) is 0 Å². The van der Waals surface area contributed by atoms with Crippen LogP contribution < -0.4 is 15.2 Å². The van der Waals surface area contributed by atoms with Crippen LogP contribution in [0, 0.1) is 5.41 Å². The van der Waals surface area contributed by atoms with Gasteiger partial charge in [-0.25, -0.2) is 8.42 Å². The van der Waals surface area contributed by atoms with E-state index in [0.29, 0.717) is 17.5 Å². The fraction of sp³-hybridized carbons (Fsp3) is 0.458. The Balaban J connectivity index is 1.47. The van der Waals surface area contributed by atoms with E-state index in [4.69, 9.17) is 4.74 Å². The van der Waals surface area contributed by atoms with Crippen LogP contribution in [0.3, 0.4) is 0 Å². The minimum atomic E-state index is -3.50. The average Bonchev–Trinajstić information content (AvgIpc) is 3.09. The van der Waals surface area contributed by atoms with Crippen LogP contribution in [0.15, 0.2) is 35.3 Å². The van der Waals surface area contributed by atoms with E-state index >= 15 is 0 Å². The summed E-state index contributed by atoms with van der Waals surface area (Å²) in [5.41, 5.74) is 5.81. The molecule has 1 saturated carbocycles. The molecule has 1 spiro atoms. The fourth-order valence-corrected chi connectivity index (χ4v) is 6.34. The Morgan fingerprint density at radius 1 is 1.16 bits per heavy atom. The maximum Gasteiger partial charge on any atom is 0.254 e. The van der Waals surface area contributed by atoms with Gasteiger partial charge in [-0.1, -0.05) is 12.2 Å². The van der Waals surface area contributed by atoms with Crippen LogP contribution in [0.1, 0.15) is 30.4 Å². The van der Waals surface area contributed by atoms with E-state index in [-0.39, 0.29) is 18.8 Å². The van der Waals surface area contributed by atoms with E-state index < -0.39 is 15.3 Å². The molecule has 6 rings (SSSR count). The lowest BCUT2D eigenvalue weighted by Gasteiger charge is -2.27. The Morgan fingerprint density at radius 2 is 1.97 bits per heavy atom. The number of allylic oxidation sites excluding steroid dienone is 1. The molecule has 4 aliphatic rings. The summed E-state index contributed by atoms with van der Waals surface area (Å²) in [5, 5.41) is -0.510. The molecular weight excluding hydrogens is 426 g/mol. The number of hydrogen-bond acceptors (Lipinski definition) is 5. The Morgan fingerprint density at radius 3 is 2.66 bits per heavy atom. The van der Waals surface area contributed by atoms with E-state index in [1.807, 2.05) is 36.5 Å². The van der Waals surface area contributed by atoms with Gasteiger partial charge in [0.05, 0.1) is 13.2 Å². The van der Waals surface area contributed by atoms with Gasteiger partial charge in [-0.3, -0.25) is 9.52 Å². The molecule has 7 nitrogen and oxygen atoms in total. The molecule has 3 heterocycles. The largest absolute Gasteiger partial charge is 0.378 e. The van der Waals surface area contributed by atoms with Gasteiger partial charge in [-0.05, 0) is 54.9 Å². The third kappa shape index (κ3) is 3.19. The zero-order valence-electron chi connectivity index (χ0n) is 18.1. The van der Waals surface area contributed by atoms with Crippen molar-refractivity contribution in [3.8, 4) is 11.1 Å². The van der Waals surface area contributed by atoms with Crippen LogP contribution in [0.2, 0.25) is 0 Å². The second kappa shape index (κ2) is 6.96. The van der Waals surface area contributed by atoms with Gasteiger partial charge < -0.3 is 14.2 Å². The molecule has 8 heteroatoms. The SMILES string of the molecule is Cn1cc(-c2cc(NS(=O)(=O)C3COC3)ccc2N2CCC3(CC3)C2)c2c(c1=O)CC=C2. The Kier molecular flexibility index (Phi) is 4.36. The number of sulfonamides is 1. The third-order valence-electron chi connectivity index (χ3n) is 7.45. The van der Waals surface area contributed by atoms with Gasteiger partial charge in [-0.15, -0.1) is 0 Å². The first-order chi connectivity index (χ1) is 15.4. The number of aryl methyl sites for hydroxylation is 1. The monoisotopic (exact) mass is 453 g/mol. The van der Waals surface area contributed by atoms with Crippen molar-refractivity contribution in [2.75, 3.05) is 35.9 Å². The van der Waals surface area contributed by atoms with E-state index in [9.17, 15) is 13.2 Å². The summed E-state index contributed by atoms with van der Waals surface area (Å²) in [7, 11) is -1.72. The summed E-state index contributed by atoms with van der Waals surface area (Å²) in [4.78, 5) is 15.1. The molecule has 2 aliphatic carbocycles. The number of aromatic nitrogens is 1. The predicted molar refractivity (Wildman–Crippen MR) is 126 cm³/mol. The van der Waals surface area contributed by atoms with Crippen LogP contribution in [-0.2, 0) is 28.2 Å². The van der Waals surface area contributed by atoms with Crippen LogP contribution in [0.4, 0.5) is 11.4 Å². The van der Waals surface area contributed by atoms with Crippen LogP contribution >= 0.6 is 0 Å². The Hall–Kier alpha value is -2.58. The van der Waals surface area contributed by atoms with E-state index in [0.717, 1.165) is 41.0 Å². The number of anilines is 2. The molecule has 3 fully saturated rings. The molecule has 0 unspecified atom stereocenters. The minimum absolute atomic E-state index is 0.0234. The van der Waals surface area contributed by atoms with E-state index in [2.05, 4.69) is 9.62 Å². The topological polar surface area (TPSA) is 80.6 Å². The zero-order chi connectivity index (χ0) is 22.1. The van der Waals surface area contributed by atoms with Crippen molar-refractivity contribution in [3.63, 3.8) is 0 Å². The zero-order valence-corrected chi connectivity index (χ0v) is 19.0. The highest BCUT2D eigenvalue weighted by molar-refractivity contribution is 7.93. The van der Waals surface area contributed by atoms with Crippen molar-refractivity contribution in [3.05, 3.63) is 52.0 Å². The molecule has 168 valence electrons. The van der Waals surface area contributed by atoms with E-state index in [1.165, 1.54) is 19.3 Å². The number of ether oxygens (including phenoxy) is 1.